The van der Waals surface area contributed by atoms with Crippen LogP contribution in [0.5, 0.6) is 5.75 Å². The summed E-state index contributed by atoms with van der Waals surface area (Å²) in [5, 5.41) is 11.3. The number of halogens is 1. The highest BCUT2D eigenvalue weighted by Crippen LogP contribution is 2.22. The summed E-state index contributed by atoms with van der Waals surface area (Å²) in [6, 6.07) is 10.8. The molecule has 0 unspecified atom stereocenters. The fourth-order valence-corrected chi connectivity index (χ4v) is 2.71. The number of rotatable bonds is 5. The van der Waals surface area contributed by atoms with Gasteiger partial charge in [-0.25, -0.2) is 12.8 Å². The van der Waals surface area contributed by atoms with E-state index in [2.05, 4.69) is 5.32 Å². The van der Waals surface area contributed by atoms with Gasteiger partial charge < -0.3 is 10.1 Å². The lowest BCUT2D eigenvalue weighted by Crippen LogP contribution is -2.21. The van der Waals surface area contributed by atoms with Crippen LogP contribution in [0.15, 0.2) is 47.4 Å². The second-order valence-corrected chi connectivity index (χ2v) is 6.87. The summed E-state index contributed by atoms with van der Waals surface area (Å²) in [6.45, 7) is -0.397. The van der Waals surface area contributed by atoms with Crippen LogP contribution in [-0.4, -0.2) is 27.2 Å². The van der Waals surface area contributed by atoms with Crippen molar-refractivity contribution < 1.29 is 22.3 Å². The Labute approximate surface area is 138 Å². The average molecular weight is 348 g/mol. The fraction of sp³-hybridized carbons (Fsp3) is 0.125. The van der Waals surface area contributed by atoms with Crippen LogP contribution < -0.4 is 10.1 Å². The van der Waals surface area contributed by atoms with Crippen LogP contribution in [-0.2, 0) is 14.6 Å². The molecule has 0 aromatic heterocycles. The first kappa shape index (κ1) is 17.4. The van der Waals surface area contributed by atoms with Crippen molar-refractivity contribution in [2.24, 2.45) is 0 Å². The van der Waals surface area contributed by atoms with Gasteiger partial charge in [-0.1, -0.05) is 0 Å². The largest absolute Gasteiger partial charge is 0.484 e. The number of anilines is 1. The van der Waals surface area contributed by atoms with Gasteiger partial charge in [0, 0.05) is 6.26 Å². The molecule has 0 heterocycles. The Morgan fingerprint density at radius 1 is 1.25 bits per heavy atom. The monoisotopic (exact) mass is 348 g/mol. The second-order valence-electron chi connectivity index (χ2n) is 4.89. The summed E-state index contributed by atoms with van der Waals surface area (Å²) in [6.07, 6.45) is 0.999. The zero-order valence-corrected chi connectivity index (χ0v) is 13.4. The molecule has 0 fully saturated rings. The minimum absolute atomic E-state index is 0.00394. The molecule has 2 aromatic carbocycles. The molecule has 124 valence electrons. The molecular formula is C16H13FN2O4S. The van der Waals surface area contributed by atoms with Crippen molar-refractivity contribution >= 4 is 21.4 Å². The Balaban J connectivity index is 2.13. The molecule has 2 rings (SSSR count). The average Bonchev–Trinajstić information content (AvgIpc) is 2.53. The van der Waals surface area contributed by atoms with Gasteiger partial charge in [-0.3, -0.25) is 4.79 Å². The zero-order chi connectivity index (χ0) is 17.7. The van der Waals surface area contributed by atoms with Crippen molar-refractivity contribution in [1.29, 1.82) is 5.26 Å². The van der Waals surface area contributed by atoms with E-state index in [0.29, 0.717) is 5.75 Å². The van der Waals surface area contributed by atoms with E-state index in [1.54, 1.807) is 0 Å². The molecule has 6 nitrogen and oxygen atoms in total. The van der Waals surface area contributed by atoms with Crippen molar-refractivity contribution in [1.82, 2.24) is 0 Å². The summed E-state index contributed by atoms with van der Waals surface area (Å²) in [5.41, 5.74) is 0.210. The lowest BCUT2D eigenvalue weighted by molar-refractivity contribution is -0.118. The standard InChI is InChI=1S/C16H13FN2O4S/c1-24(21,22)15-7-2-11(9-18)8-14(15)19-16(20)10-23-13-5-3-12(17)4-6-13/h2-8H,10H2,1H3,(H,19,20). The van der Waals surface area contributed by atoms with Crippen molar-refractivity contribution in [3.63, 3.8) is 0 Å². The number of amides is 1. The van der Waals surface area contributed by atoms with Crippen LogP contribution in [0.1, 0.15) is 5.56 Å². The number of hydrogen-bond acceptors (Lipinski definition) is 5. The Hall–Kier alpha value is -2.92. The summed E-state index contributed by atoms with van der Waals surface area (Å²) < 4.78 is 41.5. The van der Waals surface area contributed by atoms with E-state index in [1.165, 1.54) is 42.5 Å². The van der Waals surface area contributed by atoms with Crippen LogP contribution in [0.3, 0.4) is 0 Å². The Bertz CT molecular complexity index is 903. The number of nitrogens with one attached hydrogen (secondary N) is 1. The molecule has 0 saturated heterocycles. The Kier molecular flexibility index (Phi) is 5.16. The number of hydrogen-bond donors (Lipinski definition) is 1. The van der Waals surface area contributed by atoms with Gasteiger partial charge in [-0.2, -0.15) is 5.26 Å². The second kappa shape index (κ2) is 7.10. The number of ether oxygens (including phenoxy) is 1. The predicted molar refractivity (Wildman–Crippen MR) is 84.8 cm³/mol. The molecule has 1 N–H and O–H groups in total. The minimum Gasteiger partial charge on any atom is -0.484 e. The van der Waals surface area contributed by atoms with E-state index in [-0.39, 0.29) is 16.1 Å². The molecule has 0 spiro atoms. The first-order chi connectivity index (χ1) is 11.3. The van der Waals surface area contributed by atoms with Crippen molar-refractivity contribution in [3.8, 4) is 11.8 Å². The van der Waals surface area contributed by atoms with E-state index in [4.69, 9.17) is 10.00 Å². The third-order valence-electron chi connectivity index (χ3n) is 2.97. The predicted octanol–water partition coefficient (Wildman–Crippen LogP) is 2.12. The summed E-state index contributed by atoms with van der Waals surface area (Å²) >= 11 is 0. The third-order valence-corrected chi connectivity index (χ3v) is 4.12. The number of carbonyl (C=O) groups excluding carboxylic acids is 1. The van der Waals surface area contributed by atoms with Gasteiger partial charge in [0.15, 0.2) is 16.4 Å². The lowest BCUT2D eigenvalue weighted by Gasteiger charge is -2.11. The molecule has 0 saturated carbocycles. The quantitative estimate of drug-likeness (QED) is 0.893. The molecule has 24 heavy (non-hydrogen) atoms. The number of nitriles is 1. The Morgan fingerprint density at radius 3 is 2.50 bits per heavy atom. The van der Waals surface area contributed by atoms with Gasteiger partial charge in [0.2, 0.25) is 0 Å². The molecule has 0 aliphatic rings. The molecule has 0 atom stereocenters. The van der Waals surface area contributed by atoms with Gasteiger partial charge in [0.1, 0.15) is 11.6 Å². The molecule has 0 aliphatic carbocycles. The highest BCUT2D eigenvalue weighted by Gasteiger charge is 2.16. The van der Waals surface area contributed by atoms with Crippen LogP contribution in [0.25, 0.3) is 0 Å². The molecule has 8 heteroatoms. The van der Waals surface area contributed by atoms with Gasteiger partial charge in [-0.15, -0.1) is 0 Å². The SMILES string of the molecule is CS(=O)(=O)c1ccc(C#N)cc1NC(=O)COc1ccc(F)cc1. The van der Waals surface area contributed by atoms with Gasteiger partial charge >= 0.3 is 0 Å². The maximum absolute atomic E-state index is 12.8. The van der Waals surface area contributed by atoms with Crippen LogP contribution >= 0.6 is 0 Å². The van der Waals surface area contributed by atoms with E-state index in [0.717, 1.165) is 6.26 Å². The number of carbonyl (C=O) groups is 1. The van der Waals surface area contributed by atoms with E-state index >= 15 is 0 Å². The van der Waals surface area contributed by atoms with Crippen LogP contribution in [0.2, 0.25) is 0 Å². The maximum atomic E-state index is 12.8. The minimum atomic E-state index is -3.58. The van der Waals surface area contributed by atoms with Crippen LogP contribution in [0.4, 0.5) is 10.1 Å². The van der Waals surface area contributed by atoms with E-state index in [9.17, 15) is 17.6 Å². The molecule has 0 radical (unpaired) electrons. The zero-order valence-electron chi connectivity index (χ0n) is 12.6. The molecule has 0 aliphatic heterocycles. The maximum Gasteiger partial charge on any atom is 0.262 e. The summed E-state index contributed by atoms with van der Waals surface area (Å²) in [7, 11) is -3.58. The van der Waals surface area contributed by atoms with Crippen molar-refractivity contribution in [2.45, 2.75) is 4.90 Å². The van der Waals surface area contributed by atoms with Gasteiger partial charge in [0.05, 0.1) is 22.2 Å². The summed E-state index contributed by atoms with van der Waals surface area (Å²) in [4.78, 5) is 11.8. The van der Waals surface area contributed by atoms with Gasteiger partial charge in [0.25, 0.3) is 5.91 Å². The van der Waals surface area contributed by atoms with E-state index < -0.39 is 28.2 Å². The lowest BCUT2D eigenvalue weighted by atomic mass is 10.2. The molecule has 1 amide bonds. The smallest absolute Gasteiger partial charge is 0.262 e. The first-order valence-corrected chi connectivity index (χ1v) is 8.61. The van der Waals surface area contributed by atoms with Crippen molar-refractivity contribution in [2.75, 3.05) is 18.2 Å². The topological polar surface area (TPSA) is 96.3 Å². The van der Waals surface area contributed by atoms with Crippen LogP contribution in [0, 0.1) is 17.1 Å². The highest BCUT2D eigenvalue weighted by atomic mass is 32.2. The normalized spacial score (nSPS) is 10.7. The molecular weight excluding hydrogens is 335 g/mol. The molecule has 0 bridgehead atoms. The van der Waals surface area contributed by atoms with E-state index in [1.807, 2.05) is 6.07 Å². The van der Waals surface area contributed by atoms with Gasteiger partial charge in [-0.05, 0) is 42.5 Å². The number of sulfone groups is 1. The number of nitrogens with zero attached hydrogens (tertiary/aromatic N) is 1. The summed E-state index contributed by atoms with van der Waals surface area (Å²) in [5.74, 6) is -0.752. The highest BCUT2D eigenvalue weighted by molar-refractivity contribution is 7.90. The molecule has 2 aromatic rings. The van der Waals surface area contributed by atoms with Crippen molar-refractivity contribution in [3.05, 3.63) is 53.8 Å². The third kappa shape index (κ3) is 4.54. The Morgan fingerprint density at radius 2 is 1.92 bits per heavy atom. The first-order valence-electron chi connectivity index (χ1n) is 6.72. The number of benzene rings is 2. The fourth-order valence-electron chi connectivity index (χ4n) is 1.89.